The highest BCUT2D eigenvalue weighted by molar-refractivity contribution is 5.88. The molecule has 0 radical (unpaired) electrons. The summed E-state index contributed by atoms with van der Waals surface area (Å²) in [7, 11) is 0. The van der Waals surface area contributed by atoms with E-state index in [4.69, 9.17) is 4.52 Å². The summed E-state index contributed by atoms with van der Waals surface area (Å²) in [4.78, 5) is 21.0. The number of aromatic nitrogens is 2. The highest BCUT2D eigenvalue weighted by Gasteiger charge is 2.23. The summed E-state index contributed by atoms with van der Waals surface area (Å²) in [5, 5.41) is 6.69. The molecule has 0 bridgehead atoms. The second-order valence-electron chi connectivity index (χ2n) is 6.92. The first-order chi connectivity index (χ1) is 13.6. The number of nitrogens with zero attached hydrogens (tertiary/aromatic N) is 4. The number of piperazine rings is 1. The summed E-state index contributed by atoms with van der Waals surface area (Å²) in [6.45, 7) is 6.50. The minimum Gasteiger partial charge on any atom is -0.367 e. The van der Waals surface area contributed by atoms with Crippen molar-refractivity contribution in [1.82, 2.24) is 15.0 Å². The van der Waals surface area contributed by atoms with Gasteiger partial charge in [0.2, 0.25) is 5.88 Å². The van der Waals surface area contributed by atoms with Crippen LogP contribution in [-0.2, 0) is 0 Å². The van der Waals surface area contributed by atoms with Crippen molar-refractivity contribution in [3.63, 3.8) is 0 Å². The van der Waals surface area contributed by atoms with E-state index in [1.54, 1.807) is 4.90 Å². The second kappa shape index (κ2) is 7.72. The minimum absolute atomic E-state index is 0.157. The largest absolute Gasteiger partial charge is 0.367 e. The van der Waals surface area contributed by atoms with E-state index in [-0.39, 0.29) is 6.03 Å². The number of carbonyl (C=O) groups excluding carboxylic acids is 1. The van der Waals surface area contributed by atoms with Crippen molar-refractivity contribution in [1.29, 1.82) is 0 Å². The minimum atomic E-state index is -0.157. The lowest BCUT2D eigenvalue weighted by Crippen LogP contribution is -2.50. The zero-order valence-electron chi connectivity index (χ0n) is 16.1. The van der Waals surface area contributed by atoms with Crippen LogP contribution in [0.4, 0.5) is 16.4 Å². The van der Waals surface area contributed by atoms with Gasteiger partial charge in [0.25, 0.3) is 0 Å². The van der Waals surface area contributed by atoms with Crippen LogP contribution in [0, 0.1) is 13.8 Å². The molecule has 3 aromatic rings. The smallest absolute Gasteiger partial charge is 0.324 e. The van der Waals surface area contributed by atoms with Gasteiger partial charge < -0.3 is 14.3 Å². The molecule has 7 nitrogen and oxygen atoms in total. The van der Waals surface area contributed by atoms with Crippen molar-refractivity contribution in [2.75, 3.05) is 36.4 Å². The van der Waals surface area contributed by atoms with Gasteiger partial charge in [-0.2, -0.15) is 0 Å². The van der Waals surface area contributed by atoms with Crippen LogP contribution < -0.4 is 10.2 Å². The topological polar surface area (TPSA) is 74.5 Å². The molecule has 0 aliphatic carbocycles. The van der Waals surface area contributed by atoms with Crippen LogP contribution >= 0.6 is 0 Å². The Labute approximate surface area is 164 Å². The van der Waals surface area contributed by atoms with Crippen molar-refractivity contribution in [3.05, 3.63) is 60.0 Å². The van der Waals surface area contributed by atoms with Crippen molar-refractivity contribution in [3.8, 4) is 11.1 Å². The lowest BCUT2D eigenvalue weighted by molar-refractivity contribution is 0.207. The average molecular weight is 377 g/mol. The highest BCUT2D eigenvalue weighted by atomic mass is 16.5. The summed E-state index contributed by atoms with van der Waals surface area (Å²) in [5.41, 5.74) is 4.95. The third kappa shape index (κ3) is 3.69. The van der Waals surface area contributed by atoms with Gasteiger partial charge >= 0.3 is 6.03 Å². The number of amides is 2. The van der Waals surface area contributed by atoms with Gasteiger partial charge in [-0.1, -0.05) is 35.5 Å². The molecule has 0 spiro atoms. The molecule has 1 N–H and O–H groups in total. The fourth-order valence-corrected chi connectivity index (χ4v) is 3.27. The Morgan fingerprint density at radius 1 is 1.04 bits per heavy atom. The highest BCUT2D eigenvalue weighted by Crippen LogP contribution is 2.24. The Hall–Kier alpha value is -3.35. The summed E-state index contributed by atoms with van der Waals surface area (Å²) >= 11 is 0. The van der Waals surface area contributed by atoms with Crippen LogP contribution in [0.1, 0.15) is 11.3 Å². The van der Waals surface area contributed by atoms with Gasteiger partial charge in [-0.25, -0.2) is 4.79 Å². The summed E-state index contributed by atoms with van der Waals surface area (Å²) in [6, 6.07) is 12.2. The van der Waals surface area contributed by atoms with Crippen LogP contribution in [-0.4, -0.2) is 47.3 Å². The number of nitrogens with one attached hydrogen (secondary N) is 1. The number of rotatable bonds is 3. The monoisotopic (exact) mass is 377 g/mol. The summed E-state index contributed by atoms with van der Waals surface area (Å²) in [5.74, 6) is 0.421. The summed E-state index contributed by atoms with van der Waals surface area (Å²) in [6.07, 6.45) is 3.76. The molecule has 0 atom stereocenters. The van der Waals surface area contributed by atoms with E-state index in [2.05, 4.69) is 38.6 Å². The molecular formula is C21H23N5O2. The van der Waals surface area contributed by atoms with E-state index in [1.807, 2.05) is 44.4 Å². The van der Waals surface area contributed by atoms with Gasteiger partial charge in [0.15, 0.2) is 0 Å². The van der Waals surface area contributed by atoms with Gasteiger partial charge in [-0.15, -0.1) is 0 Å². The normalized spacial score (nSPS) is 14.2. The zero-order valence-corrected chi connectivity index (χ0v) is 16.1. The first-order valence-corrected chi connectivity index (χ1v) is 9.36. The van der Waals surface area contributed by atoms with E-state index >= 15 is 0 Å². The van der Waals surface area contributed by atoms with Crippen molar-refractivity contribution in [2.45, 2.75) is 13.8 Å². The fraction of sp³-hybridized carbons (Fsp3) is 0.286. The molecule has 0 saturated carbocycles. The van der Waals surface area contributed by atoms with Gasteiger partial charge in [0, 0.05) is 43.5 Å². The summed E-state index contributed by atoms with van der Waals surface area (Å²) < 4.78 is 5.17. The maximum atomic E-state index is 12.5. The Kier molecular flexibility index (Phi) is 4.97. The van der Waals surface area contributed by atoms with Crippen molar-refractivity contribution in [2.24, 2.45) is 0 Å². The second-order valence-corrected chi connectivity index (χ2v) is 6.92. The van der Waals surface area contributed by atoms with Crippen molar-refractivity contribution < 1.29 is 9.32 Å². The first kappa shape index (κ1) is 18.0. The predicted molar refractivity (Wildman–Crippen MR) is 108 cm³/mol. The number of benzene rings is 1. The number of urea groups is 1. The molecule has 1 aromatic carbocycles. The Morgan fingerprint density at radius 2 is 1.79 bits per heavy atom. The van der Waals surface area contributed by atoms with E-state index in [1.165, 1.54) is 0 Å². The van der Waals surface area contributed by atoms with E-state index in [0.717, 1.165) is 41.2 Å². The van der Waals surface area contributed by atoms with Crippen LogP contribution in [0.5, 0.6) is 0 Å². The van der Waals surface area contributed by atoms with E-state index < -0.39 is 0 Å². The molecule has 28 heavy (non-hydrogen) atoms. The predicted octanol–water partition coefficient (Wildman–Crippen LogP) is 3.71. The molecule has 3 heterocycles. The van der Waals surface area contributed by atoms with Gasteiger partial charge in [0.05, 0.1) is 17.6 Å². The van der Waals surface area contributed by atoms with Gasteiger partial charge in [-0.05, 0) is 25.5 Å². The lowest BCUT2D eigenvalue weighted by Gasteiger charge is -2.35. The molecule has 0 unspecified atom stereocenters. The van der Waals surface area contributed by atoms with Crippen LogP contribution in [0.15, 0.2) is 53.3 Å². The van der Waals surface area contributed by atoms with E-state index in [9.17, 15) is 4.79 Å². The van der Waals surface area contributed by atoms with E-state index in [0.29, 0.717) is 19.0 Å². The van der Waals surface area contributed by atoms with Gasteiger partial charge in [-0.3, -0.25) is 10.3 Å². The van der Waals surface area contributed by atoms with Crippen molar-refractivity contribution >= 4 is 17.6 Å². The molecule has 1 aliphatic rings. The molecule has 2 amide bonds. The molecule has 7 heteroatoms. The average Bonchev–Trinajstić information content (AvgIpc) is 3.06. The molecule has 144 valence electrons. The SMILES string of the molecule is Cc1noc(NC(=O)N2CCN(c3cncc(-c4ccccc4)c3)CC2)c1C. The zero-order chi connectivity index (χ0) is 19.5. The van der Waals surface area contributed by atoms with Gasteiger partial charge in [0.1, 0.15) is 0 Å². The molecule has 1 saturated heterocycles. The third-order valence-corrected chi connectivity index (χ3v) is 5.14. The van der Waals surface area contributed by atoms with Crippen LogP contribution in [0.25, 0.3) is 11.1 Å². The molecule has 1 aliphatic heterocycles. The Morgan fingerprint density at radius 3 is 2.46 bits per heavy atom. The van der Waals surface area contributed by atoms with Crippen LogP contribution in [0.2, 0.25) is 0 Å². The standard InChI is InChI=1S/C21H23N5O2/c1-15-16(2)24-28-20(15)23-21(27)26-10-8-25(9-11-26)19-12-18(13-22-14-19)17-6-4-3-5-7-17/h3-7,12-14H,8-11H2,1-2H3,(H,23,27). The fourth-order valence-electron chi connectivity index (χ4n) is 3.27. The van der Waals surface area contributed by atoms with Crippen LogP contribution in [0.3, 0.4) is 0 Å². The quantitative estimate of drug-likeness (QED) is 0.753. The Bertz CT molecular complexity index is 962. The molecular weight excluding hydrogens is 354 g/mol. The first-order valence-electron chi connectivity index (χ1n) is 9.36. The lowest BCUT2D eigenvalue weighted by atomic mass is 10.1. The Balaban J connectivity index is 1.39. The number of hydrogen-bond donors (Lipinski definition) is 1. The molecule has 4 rings (SSSR count). The molecule has 2 aromatic heterocycles. The number of hydrogen-bond acceptors (Lipinski definition) is 5. The number of pyridine rings is 1. The number of carbonyl (C=O) groups is 1. The number of anilines is 2. The third-order valence-electron chi connectivity index (χ3n) is 5.14. The maximum absolute atomic E-state index is 12.5. The number of aryl methyl sites for hydroxylation is 1. The molecule has 1 fully saturated rings. The maximum Gasteiger partial charge on any atom is 0.324 e.